The van der Waals surface area contributed by atoms with Crippen molar-refractivity contribution in [2.75, 3.05) is 24.5 Å². The average molecular weight is 439 g/mol. The van der Waals surface area contributed by atoms with Crippen LogP contribution in [0.1, 0.15) is 22.8 Å². The SMILES string of the molecule is CC1CN(C(=O)c2ccccc2)CCN1c1nnc(-c2ccc(CO)cc2)c2ccccc12. The largest absolute Gasteiger partial charge is 0.392 e. The molecule has 1 saturated heterocycles. The number of carbonyl (C=O) groups is 1. The van der Waals surface area contributed by atoms with Crippen molar-refractivity contribution in [2.24, 2.45) is 0 Å². The first-order chi connectivity index (χ1) is 16.2. The molecule has 1 aliphatic rings. The summed E-state index contributed by atoms with van der Waals surface area (Å²) in [5.74, 6) is 0.917. The van der Waals surface area contributed by atoms with Gasteiger partial charge in [0, 0.05) is 47.6 Å². The molecule has 5 rings (SSSR count). The second kappa shape index (κ2) is 9.00. The van der Waals surface area contributed by atoms with E-state index in [9.17, 15) is 9.90 Å². The highest BCUT2D eigenvalue weighted by Crippen LogP contribution is 2.33. The number of aromatic nitrogens is 2. The lowest BCUT2D eigenvalue weighted by atomic mass is 10.0. The van der Waals surface area contributed by atoms with Crippen LogP contribution in [0.4, 0.5) is 5.82 Å². The summed E-state index contributed by atoms with van der Waals surface area (Å²) >= 11 is 0. The van der Waals surface area contributed by atoms with Gasteiger partial charge < -0.3 is 14.9 Å². The normalized spacial score (nSPS) is 16.2. The molecule has 0 bridgehead atoms. The first kappa shape index (κ1) is 21.1. The summed E-state index contributed by atoms with van der Waals surface area (Å²) in [6.07, 6.45) is 0. The molecule has 1 fully saturated rings. The molecule has 1 atom stereocenters. The summed E-state index contributed by atoms with van der Waals surface area (Å²) < 4.78 is 0. The number of carbonyl (C=O) groups excluding carboxylic acids is 1. The Morgan fingerprint density at radius 2 is 1.61 bits per heavy atom. The summed E-state index contributed by atoms with van der Waals surface area (Å²) in [7, 11) is 0. The lowest BCUT2D eigenvalue weighted by Gasteiger charge is -2.40. The number of nitrogens with zero attached hydrogens (tertiary/aromatic N) is 4. The molecule has 2 heterocycles. The first-order valence-electron chi connectivity index (χ1n) is 11.2. The van der Waals surface area contributed by atoms with E-state index in [0.717, 1.165) is 39.0 Å². The van der Waals surface area contributed by atoms with Crippen LogP contribution >= 0.6 is 0 Å². The topological polar surface area (TPSA) is 69.6 Å². The van der Waals surface area contributed by atoms with Gasteiger partial charge in [-0.1, -0.05) is 66.7 Å². The predicted octanol–water partition coefficient (Wildman–Crippen LogP) is 4.14. The lowest BCUT2D eigenvalue weighted by Crippen LogP contribution is -2.54. The molecular weight excluding hydrogens is 412 g/mol. The Hall–Kier alpha value is -3.77. The molecule has 166 valence electrons. The zero-order valence-corrected chi connectivity index (χ0v) is 18.6. The lowest BCUT2D eigenvalue weighted by molar-refractivity contribution is 0.0726. The Bertz CT molecular complexity index is 1270. The molecule has 0 spiro atoms. The van der Waals surface area contributed by atoms with Crippen molar-refractivity contribution in [3.63, 3.8) is 0 Å². The molecule has 6 heteroatoms. The minimum Gasteiger partial charge on any atom is -0.392 e. The third-order valence-corrected chi connectivity index (χ3v) is 6.29. The van der Waals surface area contributed by atoms with Crippen molar-refractivity contribution in [3.8, 4) is 11.3 Å². The molecule has 1 aliphatic heterocycles. The number of rotatable bonds is 4. The van der Waals surface area contributed by atoms with Gasteiger partial charge in [-0.25, -0.2) is 0 Å². The van der Waals surface area contributed by atoms with Crippen LogP contribution in [0.3, 0.4) is 0 Å². The maximum absolute atomic E-state index is 12.9. The van der Waals surface area contributed by atoms with Gasteiger partial charge in [0.2, 0.25) is 0 Å². The van der Waals surface area contributed by atoms with Crippen molar-refractivity contribution in [3.05, 3.63) is 90.0 Å². The Morgan fingerprint density at radius 3 is 2.30 bits per heavy atom. The van der Waals surface area contributed by atoms with Crippen molar-refractivity contribution in [1.29, 1.82) is 0 Å². The van der Waals surface area contributed by atoms with E-state index in [1.807, 2.05) is 71.6 Å². The van der Waals surface area contributed by atoms with Crippen LogP contribution in [0.5, 0.6) is 0 Å². The Balaban J connectivity index is 1.44. The molecule has 0 radical (unpaired) electrons. The number of anilines is 1. The van der Waals surface area contributed by atoms with Crippen molar-refractivity contribution >= 4 is 22.5 Å². The van der Waals surface area contributed by atoms with Gasteiger partial charge in [-0.3, -0.25) is 4.79 Å². The van der Waals surface area contributed by atoms with Crippen molar-refractivity contribution in [2.45, 2.75) is 19.6 Å². The van der Waals surface area contributed by atoms with E-state index < -0.39 is 0 Å². The fourth-order valence-corrected chi connectivity index (χ4v) is 4.50. The average Bonchev–Trinajstić information content (AvgIpc) is 2.88. The monoisotopic (exact) mass is 438 g/mol. The molecule has 6 nitrogen and oxygen atoms in total. The zero-order valence-electron chi connectivity index (χ0n) is 18.6. The number of fused-ring (bicyclic) bond motifs is 1. The number of aliphatic hydroxyl groups excluding tert-OH is 1. The summed E-state index contributed by atoms with van der Waals surface area (Å²) in [5.41, 5.74) is 3.38. The Labute approximate surface area is 193 Å². The molecule has 1 amide bonds. The van der Waals surface area contributed by atoms with Crippen LogP contribution in [0, 0.1) is 0 Å². The van der Waals surface area contributed by atoms with E-state index >= 15 is 0 Å². The van der Waals surface area contributed by atoms with Gasteiger partial charge in [0.25, 0.3) is 5.91 Å². The number of hydrogen-bond donors (Lipinski definition) is 1. The van der Waals surface area contributed by atoms with E-state index in [0.29, 0.717) is 19.6 Å². The molecule has 0 saturated carbocycles. The van der Waals surface area contributed by atoms with Crippen LogP contribution in [0.2, 0.25) is 0 Å². The number of benzene rings is 3. The van der Waals surface area contributed by atoms with Crippen LogP contribution in [-0.4, -0.2) is 51.8 Å². The fraction of sp³-hybridized carbons (Fsp3) is 0.222. The molecule has 0 aliphatic carbocycles. The van der Waals surface area contributed by atoms with Gasteiger partial charge in [-0.15, -0.1) is 10.2 Å². The molecule has 1 N–H and O–H groups in total. The Kier molecular flexibility index (Phi) is 5.75. The van der Waals surface area contributed by atoms with Crippen LogP contribution in [0.25, 0.3) is 22.0 Å². The van der Waals surface area contributed by atoms with Crippen LogP contribution < -0.4 is 4.90 Å². The quantitative estimate of drug-likeness (QED) is 0.519. The number of piperazine rings is 1. The maximum Gasteiger partial charge on any atom is 0.253 e. The number of amides is 1. The highest BCUT2D eigenvalue weighted by molar-refractivity contribution is 6.00. The third kappa shape index (κ3) is 4.05. The third-order valence-electron chi connectivity index (χ3n) is 6.29. The van der Waals surface area contributed by atoms with E-state index in [1.54, 1.807) is 0 Å². The number of aliphatic hydroxyl groups is 1. The highest BCUT2D eigenvalue weighted by atomic mass is 16.3. The summed E-state index contributed by atoms with van der Waals surface area (Å²) in [4.78, 5) is 17.1. The van der Waals surface area contributed by atoms with Gasteiger partial charge in [-0.05, 0) is 24.6 Å². The smallest absolute Gasteiger partial charge is 0.253 e. The molecule has 1 aromatic heterocycles. The van der Waals surface area contributed by atoms with E-state index in [4.69, 9.17) is 0 Å². The van der Waals surface area contributed by atoms with Gasteiger partial charge in [0.1, 0.15) is 5.69 Å². The second-order valence-electron chi connectivity index (χ2n) is 8.43. The molecule has 33 heavy (non-hydrogen) atoms. The molecular formula is C27H26N4O2. The molecule has 1 unspecified atom stereocenters. The van der Waals surface area contributed by atoms with E-state index in [2.05, 4.69) is 34.2 Å². The van der Waals surface area contributed by atoms with Crippen molar-refractivity contribution in [1.82, 2.24) is 15.1 Å². The second-order valence-corrected chi connectivity index (χ2v) is 8.43. The fourth-order valence-electron chi connectivity index (χ4n) is 4.50. The van der Waals surface area contributed by atoms with Gasteiger partial charge in [-0.2, -0.15) is 0 Å². The van der Waals surface area contributed by atoms with Crippen LogP contribution in [-0.2, 0) is 6.61 Å². The minimum atomic E-state index is 0.0162. The summed E-state index contributed by atoms with van der Waals surface area (Å²) in [6.45, 7) is 4.11. The predicted molar refractivity (Wildman–Crippen MR) is 130 cm³/mol. The molecule has 3 aromatic carbocycles. The number of hydrogen-bond acceptors (Lipinski definition) is 5. The summed E-state index contributed by atoms with van der Waals surface area (Å²) in [5, 5.41) is 20.7. The van der Waals surface area contributed by atoms with Crippen LogP contribution in [0.15, 0.2) is 78.9 Å². The minimum absolute atomic E-state index is 0.0162. The van der Waals surface area contributed by atoms with Gasteiger partial charge in [0.15, 0.2) is 5.82 Å². The van der Waals surface area contributed by atoms with Gasteiger partial charge in [0.05, 0.1) is 6.61 Å². The van der Waals surface area contributed by atoms with E-state index in [1.165, 1.54) is 0 Å². The standard InChI is InChI=1S/C27H26N4O2/c1-19-17-30(27(33)22-7-3-2-4-8-22)15-16-31(19)26-24-10-6-5-9-23(24)25(28-29-26)21-13-11-20(18-32)12-14-21/h2-14,19,32H,15-18H2,1H3. The maximum atomic E-state index is 12.9. The first-order valence-corrected chi connectivity index (χ1v) is 11.2. The highest BCUT2D eigenvalue weighted by Gasteiger charge is 2.29. The zero-order chi connectivity index (χ0) is 22.8. The van der Waals surface area contributed by atoms with E-state index in [-0.39, 0.29) is 18.6 Å². The molecule has 4 aromatic rings. The summed E-state index contributed by atoms with van der Waals surface area (Å²) in [6, 6.07) is 25.5. The Morgan fingerprint density at radius 1 is 0.909 bits per heavy atom. The van der Waals surface area contributed by atoms with Gasteiger partial charge >= 0.3 is 0 Å². The van der Waals surface area contributed by atoms with Crippen molar-refractivity contribution < 1.29 is 9.90 Å².